The number of aromatic amines is 1. The van der Waals surface area contributed by atoms with Gasteiger partial charge in [-0.2, -0.15) is 0 Å². The third-order valence-electron chi connectivity index (χ3n) is 6.77. The van der Waals surface area contributed by atoms with Crippen molar-refractivity contribution in [3.8, 4) is 11.4 Å². The zero-order valence-corrected chi connectivity index (χ0v) is 18.0. The molecule has 1 aliphatic carbocycles. The van der Waals surface area contributed by atoms with E-state index in [2.05, 4.69) is 25.2 Å². The smallest absolute Gasteiger partial charge is 0.163 e. The molecule has 164 valence electrons. The number of rotatable bonds is 3. The van der Waals surface area contributed by atoms with Crippen molar-refractivity contribution >= 4 is 38.7 Å². The predicted molar refractivity (Wildman–Crippen MR) is 127 cm³/mol. The van der Waals surface area contributed by atoms with Crippen molar-refractivity contribution in [3.63, 3.8) is 0 Å². The fourth-order valence-corrected chi connectivity index (χ4v) is 5.01. The Morgan fingerprint density at radius 3 is 2.73 bits per heavy atom. The third-order valence-corrected chi connectivity index (χ3v) is 6.77. The van der Waals surface area contributed by atoms with Crippen LogP contribution in [-0.2, 0) is 0 Å². The molecule has 0 spiro atoms. The molecule has 1 saturated carbocycles. The second kappa shape index (κ2) is 7.18. The Balaban J connectivity index is 1.52. The maximum atomic E-state index is 14.5. The largest absolute Gasteiger partial charge is 0.353 e. The molecule has 2 aliphatic rings. The lowest BCUT2D eigenvalue weighted by atomic mass is 10.1. The molecule has 2 N–H and O–H groups in total. The van der Waals surface area contributed by atoms with E-state index in [0.717, 1.165) is 59.2 Å². The normalized spacial score (nSPS) is 16.8. The predicted octanol–water partition coefficient (Wildman–Crippen LogP) is 4.15. The summed E-state index contributed by atoms with van der Waals surface area (Å²) in [5.41, 5.74) is 4.03. The highest BCUT2D eigenvalue weighted by Crippen LogP contribution is 2.45. The van der Waals surface area contributed by atoms with Gasteiger partial charge in [0.05, 0.1) is 17.2 Å². The number of para-hydroxylation sites is 1. The van der Waals surface area contributed by atoms with Crippen LogP contribution in [-0.4, -0.2) is 51.1 Å². The number of aromatic nitrogens is 5. The third kappa shape index (κ3) is 2.97. The van der Waals surface area contributed by atoms with Gasteiger partial charge in [-0.15, -0.1) is 0 Å². The molecule has 33 heavy (non-hydrogen) atoms. The molecule has 5 heterocycles. The molecule has 1 aromatic carbocycles. The molecule has 0 unspecified atom stereocenters. The summed E-state index contributed by atoms with van der Waals surface area (Å²) in [5.74, 6) is 1.83. The van der Waals surface area contributed by atoms with Crippen molar-refractivity contribution in [2.24, 2.45) is 0 Å². The Kier molecular flexibility index (Phi) is 4.11. The van der Waals surface area contributed by atoms with Gasteiger partial charge in [0.2, 0.25) is 0 Å². The first kappa shape index (κ1) is 18.9. The van der Waals surface area contributed by atoms with E-state index in [0.29, 0.717) is 22.9 Å². The van der Waals surface area contributed by atoms with E-state index in [1.807, 2.05) is 24.5 Å². The second-order valence-corrected chi connectivity index (χ2v) is 8.87. The van der Waals surface area contributed by atoms with E-state index in [-0.39, 0.29) is 5.82 Å². The summed E-state index contributed by atoms with van der Waals surface area (Å²) in [5, 5.41) is 6.17. The number of nitrogens with one attached hydrogen (secondary N) is 2. The quantitative estimate of drug-likeness (QED) is 0.440. The molecule has 2 fully saturated rings. The van der Waals surface area contributed by atoms with Crippen molar-refractivity contribution in [2.45, 2.75) is 18.8 Å². The highest BCUT2D eigenvalue weighted by atomic mass is 19.1. The van der Waals surface area contributed by atoms with Crippen molar-refractivity contribution in [1.82, 2.24) is 30.2 Å². The number of anilines is 1. The molecule has 0 amide bonds. The highest BCUT2D eigenvalue weighted by molar-refractivity contribution is 6.12. The van der Waals surface area contributed by atoms with Gasteiger partial charge in [-0.05, 0) is 36.5 Å². The summed E-state index contributed by atoms with van der Waals surface area (Å²) in [6.45, 7) is 3.63. The van der Waals surface area contributed by atoms with Crippen LogP contribution in [0.1, 0.15) is 24.3 Å². The number of fused-ring (bicyclic) bond motifs is 4. The molecular weight excluding hydrogens is 417 g/mol. The van der Waals surface area contributed by atoms with E-state index in [1.165, 1.54) is 24.5 Å². The summed E-state index contributed by atoms with van der Waals surface area (Å²) in [7, 11) is 0. The average Bonchev–Trinajstić information content (AvgIpc) is 3.63. The van der Waals surface area contributed by atoms with Gasteiger partial charge in [-0.3, -0.25) is 4.98 Å². The lowest BCUT2D eigenvalue weighted by Gasteiger charge is -2.30. The van der Waals surface area contributed by atoms with Gasteiger partial charge in [-0.25, -0.2) is 19.3 Å². The average molecular weight is 439 g/mol. The van der Waals surface area contributed by atoms with Crippen molar-refractivity contribution < 1.29 is 4.39 Å². The van der Waals surface area contributed by atoms with Gasteiger partial charge in [0.1, 0.15) is 17.3 Å². The van der Waals surface area contributed by atoms with Crippen LogP contribution in [0.15, 0.2) is 42.9 Å². The van der Waals surface area contributed by atoms with Crippen molar-refractivity contribution in [3.05, 3.63) is 54.2 Å². The van der Waals surface area contributed by atoms with E-state index in [4.69, 9.17) is 9.97 Å². The first-order valence-corrected chi connectivity index (χ1v) is 11.4. The SMILES string of the molecule is Fc1cccc2c1[nH]c1nccc(-c3nc(N4CCNCC4)c4c(C5CC5)cncc4n3)c12. The molecule has 0 bridgehead atoms. The van der Waals surface area contributed by atoms with Gasteiger partial charge in [0.15, 0.2) is 5.82 Å². The monoisotopic (exact) mass is 439 g/mol. The highest BCUT2D eigenvalue weighted by Gasteiger charge is 2.29. The molecule has 4 aromatic heterocycles. The Hall–Kier alpha value is -3.65. The fraction of sp³-hybridized carbons (Fsp3) is 0.280. The molecule has 1 aliphatic heterocycles. The summed E-state index contributed by atoms with van der Waals surface area (Å²) in [4.78, 5) is 24.6. The molecular formula is C25H22FN7. The minimum absolute atomic E-state index is 0.296. The van der Waals surface area contributed by atoms with Crippen LogP contribution < -0.4 is 10.2 Å². The van der Waals surface area contributed by atoms with E-state index < -0.39 is 0 Å². The first-order valence-electron chi connectivity index (χ1n) is 11.4. The van der Waals surface area contributed by atoms with Crippen LogP contribution in [0.2, 0.25) is 0 Å². The summed E-state index contributed by atoms with van der Waals surface area (Å²) >= 11 is 0. The van der Waals surface area contributed by atoms with Crippen molar-refractivity contribution in [1.29, 1.82) is 0 Å². The van der Waals surface area contributed by atoms with E-state index in [1.54, 1.807) is 12.3 Å². The van der Waals surface area contributed by atoms with E-state index >= 15 is 0 Å². The Morgan fingerprint density at radius 2 is 1.88 bits per heavy atom. The Bertz CT molecular complexity index is 1530. The molecule has 5 aromatic rings. The molecule has 8 heteroatoms. The first-order chi connectivity index (χ1) is 16.3. The van der Waals surface area contributed by atoms with Crippen LogP contribution >= 0.6 is 0 Å². The standard InChI is InChI=1S/C25H22FN7/c26-18-3-1-2-15-20-16(6-7-29-24(20)31-22(15)18)23-30-19-13-28-12-17(14-4-5-14)21(19)25(32-23)33-10-8-27-9-11-33/h1-3,6-7,12-14,27H,4-5,8-11H2,(H,29,31). The minimum Gasteiger partial charge on any atom is -0.353 e. The minimum atomic E-state index is -0.296. The Morgan fingerprint density at radius 1 is 1.00 bits per heavy atom. The maximum Gasteiger partial charge on any atom is 0.163 e. The lowest BCUT2D eigenvalue weighted by Crippen LogP contribution is -2.44. The topological polar surface area (TPSA) is 82.6 Å². The summed E-state index contributed by atoms with van der Waals surface area (Å²) in [6.07, 6.45) is 7.93. The number of benzene rings is 1. The summed E-state index contributed by atoms with van der Waals surface area (Å²) < 4.78 is 14.5. The van der Waals surface area contributed by atoms with Gasteiger partial charge < -0.3 is 15.2 Å². The van der Waals surface area contributed by atoms with Crippen LogP contribution in [0.5, 0.6) is 0 Å². The maximum absolute atomic E-state index is 14.5. The van der Waals surface area contributed by atoms with Gasteiger partial charge in [0.25, 0.3) is 0 Å². The van der Waals surface area contributed by atoms with Gasteiger partial charge in [0, 0.05) is 60.3 Å². The molecule has 0 atom stereocenters. The zero-order valence-electron chi connectivity index (χ0n) is 18.0. The second-order valence-electron chi connectivity index (χ2n) is 8.87. The van der Waals surface area contributed by atoms with Crippen LogP contribution in [0.3, 0.4) is 0 Å². The molecule has 7 rings (SSSR count). The Labute approximate surface area is 189 Å². The summed E-state index contributed by atoms with van der Waals surface area (Å²) in [6, 6.07) is 7.01. The van der Waals surface area contributed by atoms with Crippen LogP contribution in [0.25, 0.3) is 44.2 Å². The fourth-order valence-electron chi connectivity index (χ4n) is 5.01. The van der Waals surface area contributed by atoms with Crippen LogP contribution in [0.4, 0.5) is 10.2 Å². The van der Waals surface area contributed by atoms with E-state index in [9.17, 15) is 4.39 Å². The molecule has 1 saturated heterocycles. The number of H-pyrrole nitrogens is 1. The zero-order chi connectivity index (χ0) is 21.9. The number of pyridine rings is 2. The lowest BCUT2D eigenvalue weighted by molar-refractivity contribution is 0.586. The number of hydrogen-bond donors (Lipinski definition) is 2. The number of hydrogen-bond acceptors (Lipinski definition) is 6. The number of halogens is 1. The molecule has 0 radical (unpaired) electrons. The van der Waals surface area contributed by atoms with Gasteiger partial charge >= 0.3 is 0 Å². The van der Waals surface area contributed by atoms with Gasteiger partial charge in [-0.1, -0.05) is 12.1 Å². The number of nitrogens with zero attached hydrogens (tertiary/aromatic N) is 5. The number of piperazine rings is 1. The molecule has 7 nitrogen and oxygen atoms in total. The van der Waals surface area contributed by atoms with Crippen LogP contribution in [0, 0.1) is 5.82 Å². The van der Waals surface area contributed by atoms with Crippen molar-refractivity contribution in [2.75, 3.05) is 31.1 Å².